The zero-order chi connectivity index (χ0) is 18.7. The van der Waals surface area contributed by atoms with E-state index in [1.165, 1.54) is 30.8 Å². The van der Waals surface area contributed by atoms with Crippen LogP contribution in [0.2, 0.25) is 0 Å². The minimum atomic E-state index is -0.599. The van der Waals surface area contributed by atoms with Gasteiger partial charge in [-0.3, -0.25) is 9.20 Å². The van der Waals surface area contributed by atoms with Gasteiger partial charge in [0.1, 0.15) is 29.3 Å². The molecule has 26 heavy (non-hydrogen) atoms. The number of pyridine rings is 1. The van der Waals surface area contributed by atoms with Crippen LogP contribution in [0.5, 0.6) is 11.5 Å². The van der Waals surface area contributed by atoms with Crippen LogP contribution in [0.15, 0.2) is 51.9 Å². The van der Waals surface area contributed by atoms with Crippen molar-refractivity contribution < 1.29 is 19.0 Å². The third-order valence-corrected chi connectivity index (χ3v) is 4.12. The Balaban J connectivity index is 1.83. The number of esters is 1. The molecule has 0 saturated heterocycles. The van der Waals surface area contributed by atoms with Crippen LogP contribution >= 0.6 is 15.9 Å². The van der Waals surface area contributed by atoms with Gasteiger partial charge in [-0.15, -0.1) is 0 Å². The van der Waals surface area contributed by atoms with Crippen molar-refractivity contribution in [1.29, 1.82) is 0 Å². The average molecular weight is 419 g/mol. The molecule has 0 saturated carbocycles. The van der Waals surface area contributed by atoms with Gasteiger partial charge in [0, 0.05) is 16.7 Å². The van der Waals surface area contributed by atoms with Crippen LogP contribution in [0.4, 0.5) is 0 Å². The first-order valence-corrected chi connectivity index (χ1v) is 8.38. The number of rotatable bonds is 5. The highest BCUT2D eigenvalue weighted by atomic mass is 79.9. The Bertz CT molecular complexity index is 1030. The van der Waals surface area contributed by atoms with Gasteiger partial charge in [-0.2, -0.15) is 0 Å². The van der Waals surface area contributed by atoms with Crippen molar-refractivity contribution in [2.24, 2.45) is 0 Å². The summed E-state index contributed by atoms with van der Waals surface area (Å²) in [7, 11) is 2.96. The van der Waals surface area contributed by atoms with Gasteiger partial charge in [-0.1, -0.05) is 0 Å². The van der Waals surface area contributed by atoms with Crippen LogP contribution in [0, 0.1) is 0 Å². The van der Waals surface area contributed by atoms with Gasteiger partial charge in [-0.25, -0.2) is 9.78 Å². The minimum Gasteiger partial charge on any atom is -0.497 e. The molecule has 0 amide bonds. The lowest BCUT2D eigenvalue weighted by molar-refractivity contribution is 0.0463. The van der Waals surface area contributed by atoms with Crippen molar-refractivity contribution in [1.82, 2.24) is 9.38 Å². The maximum Gasteiger partial charge on any atom is 0.342 e. The smallest absolute Gasteiger partial charge is 0.342 e. The maximum atomic E-state index is 12.4. The molecule has 2 aromatic heterocycles. The maximum absolute atomic E-state index is 12.4. The van der Waals surface area contributed by atoms with Gasteiger partial charge in [-0.05, 0) is 46.3 Å². The van der Waals surface area contributed by atoms with Crippen LogP contribution in [-0.4, -0.2) is 29.6 Å². The number of aromatic nitrogens is 2. The molecule has 0 N–H and O–H groups in total. The lowest BCUT2D eigenvalue weighted by Crippen LogP contribution is -2.16. The highest BCUT2D eigenvalue weighted by molar-refractivity contribution is 9.10. The van der Waals surface area contributed by atoms with Crippen molar-refractivity contribution in [3.63, 3.8) is 0 Å². The third-order valence-electron chi connectivity index (χ3n) is 3.65. The summed E-state index contributed by atoms with van der Waals surface area (Å²) in [5, 5.41) is 0. The molecule has 0 fully saturated rings. The van der Waals surface area contributed by atoms with E-state index in [-0.39, 0.29) is 17.7 Å². The normalized spacial score (nSPS) is 10.6. The lowest BCUT2D eigenvalue weighted by atomic mass is 10.2. The zero-order valence-electron chi connectivity index (χ0n) is 14.1. The Hall–Kier alpha value is -2.87. The summed E-state index contributed by atoms with van der Waals surface area (Å²) in [5.41, 5.74) is 0.785. The molecular weight excluding hydrogens is 404 g/mol. The molecule has 3 aromatic rings. The first-order chi connectivity index (χ1) is 12.5. The van der Waals surface area contributed by atoms with E-state index in [4.69, 9.17) is 14.2 Å². The van der Waals surface area contributed by atoms with Gasteiger partial charge in [0.05, 0.1) is 19.9 Å². The SMILES string of the molecule is COc1ccc(OC)c(C(=O)OCc2cc(=O)n3cc(Br)ccc3n2)c1. The molecule has 0 atom stereocenters. The first kappa shape index (κ1) is 17.9. The van der Waals surface area contributed by atoms with Crippen molar-refractivity contribution in [2.45, 2.75) is 6.61 Å². The first-order valence-electron chi connectivity index (χ1n) is 7.59. The highest BCUT2D eigenvalue weighted by Crippen LogP contribution is 2.24. The number of hydrogen-bond donors (Lipinski definition) is 0. The quantitative estimate of drug-likeness (QED) is 0.592. The molecule has 0 bridgehead atoms. The number of methoxy groups -OCH3 is 2. The molecule has 0 aliphatic heterocycles. The summed E-state index contributed by atoms with van der Waals surface area (Å²) in [4.78, 5) is 28.9. The monoisotopic (exact) mass is 418 g/mol. The van der Waals surface area contributed by atoms with Crippen LogP contribution < -0.4 is 15.0 Å². The summed E-state index contributed by atoms with van der Waals surface area (Å²) in [6, 6.07) is 9.63. The van der Waals surface area contributed by atoms with Crippen LogP contribution in [0.25, 0.3) is 5.65 Å². The molecule has 0 unspecified atom stereocenters. The van der Waals surface area contributed by atoms with E-state index >= 15 is 0 Å². The molecule has 3 rings (SSSR count). The molecule has 2 heterocycles. The van der Waals surface area contributed by atoms with Gasteiger partial charge >= 0.3 is 5.97 Å². The summed E-state index contributed by atoms with van der Waals surface area (Å²) < 4.78 is 17.7. The standard InChI is InChI=1S/C18H15BrN2O5/c1-24-13-4-5-15(25-2)14(8-13)18(23)26-10-12-7-17(22)21-9-11(19)3-6-16(21)20-12/h3-9H,10H2,1-2H3. The molecule has 7 nitrogen and oxygen atoms in total. The Morgan fingerprint density at radius 1 is 1.15 bits per heavy atom. The van der Waals surface area contributed by atoms with Crippen LogP contribution in [0.3, 0.4) is 0 Å². The van der Waals surface area contributed by atoms with E-state index < -0.39 is 5.97 Å². The third kappa shape index (κ3) is 3.70. The Labute approximate surface area is 157 Å². The van der Waals surface area contributed by atoms with E-state index in [1.807, 2.05) is 0 Å². The predicted molar refractivity (Wildman–Crippen MR) is 97.8 cm³/mol. The molecule has 0 aliphatic carbocycles. The van der Waals surface area contributed by atoms with E-state index in [2.05, 4.69) is 20.9 Å². The Kier molecular flexibility index (Phi) is 5.22. The number of carbonyl (C=O) groups is 1. The molecule has 0 spiro atoms. The van der Waals surface area contributed by atoms with Crippen molar-refractivity contribution in [2.75, 3.05) is 14.2 Å². The van der Waals surface area contributed by atoms with Crippen LogP contribution in [-0.2, 0) is 11.3 Å². The molecule has 0 radical (unpaired) electrons. The number of ether oxygens (including phenoxy) is 3. The van der Waals surface area contributed by atoms with E-state index in [0.717, 1.165) is 4.47 Å². The number of fused-ring (bicyclic) bond motifs is 1. The van der Waals surface area contributed by atoms with Gasteiger partial charge in [0.15, 0.2) is 0 Å². The fourth-order valence-corrected chi connectivity index (χ4v) is 2.73. The topological polar surface area (TPSA) is 79.1 Å². The van der Waals surface area contributed by atoms with Gasteiger partial charge in [0.25, 0.3) is 5.56 Å². The second-order valence-electron chi connectivity index (χ2n) is 5.30. The molecule has 8 heteroatoms. The number of halogens is 1. The zero-order valence-corrected chi connectivity index (χ0v) is 15.6. The Morgan fingerprint density at radius 2 is 1.96 bits per heavy atom. The number of nitrogens with zero attached hydrogens (tertiary/aromatic N) is 2. The number of carbonyl (C=O) groups excluding carboxylic acids is 1. The van der Waals surface area contributed by atoms with E-state index in [0.29, 0.717) is 22.8 Å². The second kappa shape index (κ2) is 7.57. The van der Waals surface area contributed by atoms with Crippen molar-refractivity contribution >= 4 is 27.5 Å². The second-order valence-corrected chi connectivity index (χ2v) is 6.22. The molecule has 1 aromatic carbocycles. The molecule has 134 valence electrons. The summed E-state index contributed by atoms with van der Waals surface area (Å²) >= 11 is 3.31. The fraction of sp³-hybridized carbons (Fsp3) is 0.167. The lowest BCUT2D eigenvalue weighted by Gasteiger charge is -2.10. The Morgan fingerprint density at radius 3 is 2.69 bits per heavy atom. The molecular formula is C18H15BrN2O5. The largest absolute Gasteiger partial charge is 0.497 e. The van der Waals surface area contributed by atoms with Gasteiger partial charge in [0.2, 0.25) is 0 Å². The van der Waals surface area contributed by atoms with E-state index in [1.54, 1.807) is 30.5 Å². The molecule has 0 aliphatic rings. The predicted octanol–water partition coefficient (Wildman–Crippen LogP) is 2.83. The summed E-state index contributed by atoms with van der Waals surface area (Å²) in [6.45, 7) is -0.138. The van der Waals surface area contributed by atoms with Gasteiger partial charge < -0.3 is 14.2 Å². The number of hydrogen-bond acceptors (Lipinski definition) is 6. The van der Waals surface area contributed by atoms with Crippen molar-refractivity contribution in [3.8, 4) is 11.5 Å². The van der Waals surface area contributed by atoms with Crippen molar-refractivity contribution in [3.05, 3.63) is 68.7 Å². The van der Waals surface area contributed by atoms with Crippen LogP contribution in [0.1, 0.15) is 16.1 Å². The average Bonchev–Trinajstić information content (AvgIpc) is 2.66. The highest BCUT2D eigenvalue weighted by Gasteiger charge is 2.16. The summed E-state index contributed by atoms with van der Waals surface area (Å²) in [6.07, 6.45) is 1.63. The number of benzene rings is 1. The minimum absolute atomic E-state index is 0.138. The van der Waals surface area contributed by atoms with E-state index in [9.17, 15) is 9.59 Å². The summed E-state index contributed by atoms with van der Waals surface area (Å²) in [5.74, 6) is 0.274. The fourth-order valence-electron chi connectivity index (χ4n) is 2.39.